The minimum atomic E-state index is -0.487. The van der Waals surface area contributed by atoms with Gasteiger partial charge in [-0.3, -0.25) is 0 Å². The molecule has 0 aliphatic rings. The number of hydrogen-bond acceptors (Lipinski definition) is 5. The molecular formula is C12H19NO4. The van der Waals surface area contributed by atoms with Gasteiger partial charge >= 0.3 is 5.97 Å². The Morgan fingerprint density at radius 1 is 1.53 bits per heavy atom. The molecule has 96 valence electrons. The number of carbonyl (C=O) groups is 1. The maximum Gasteiger partial charge on any atom is 0.373 e. The van der Waals surface area contributed by atoms with Gasteiger partial charge in [-0.1, -0.05) is 13.8 Å². The molecule has 0 spiro atoms. The molecule has 0 bridgehead atoms. The third-order valence-electron chi connectivity index (χ3n) is 2.59. The number of carbonyl (C=O) groups excluding carboxylic acids is 1. The second-order valence-corrected chi connectivity index (χ2v) is 4.17. The van der Waals surface area contributed by atoms with Crippen molar-refractivity contribution in [3.63, 3.8) is 0 Å². The fourth-order valence-electron chi connectivity index (χ4n) is 1.43. The number of esters is 1. The lowest BCUT2D eigenvalue weighted by molar-refractivity contribution is 0.0562. The molecule has 1 aromatic rings. The average molecular weight is 241 g/mol. The van der Waals surface area contributed by atoms with Crippen LogP contribution < -0.4 is 5.32 Å². The highest BCUT2D eigenvalue weighted by molar-refractivity contribution is 5.86. The number of hydrogen-bond donors (Lipinski definition) is 2. The lowest BCUT2D eigenvalue weighted by atomic mass is 10.1. The minimum absolute atomic E-state index is 0.0154. The number of methoxy groups -OCH3 is 1. The summed E-state index contributed by atoms with van der Waals surface area (Å²) in [6, 6.07) is 3.31. The molecule has 0 saturated heterocycles. The van der Waals surface area contributed by atoms with Gasteiger partial charge in [0.1, 0.15) is 5.76 Å². The van der Waals surface area contributed by atoms with Crippen LogP contribution in [0.2, 0.25) is 0 Å². The number of aliphatic hydroxyl groups is 1. The van der Waals surface area contributed by atoms with Crippen LogP contribution in [0.1, 0.15) is 30.2 Å². The van der Waals surface area contributed by atoms with E-state index in [1.54, 1.807) is 12.1 Å². The van der Waals surface area contributed by atoms with Gasteiger partial charge in [0.2, 0.25) is 5.76 Å². The summed E-state index contributed by atoms with van der Waals surface area (Å²) in [4.78, 5) is 11.2. The Balaban J connectivity index is 2.52. The number of rotatable bonds is 6. The fourth-order valence-corrected chi connectivity index (χ4v) is 1.43. The first kappa shape index (κ1) is 13.7. The van der Waals surface area contributed by atoms with Gasteiger partial charge in [-0.2, -0.15) is 0 Å². The molecule has 1 unspecified atom stereocenters. The van der Waals surface area contributed by atoms with Crippen molar-refractivity contribution in [2.24, 2.45) is 5.92 Å². The van der Waals surface area contributed by atoms with Gasteiger partial charge in [0.05, 0.1) is 20.3 Å². The van der Waals surface area contributed by atoms with E-state index in [9.17, 15) is 4.79 Å². The zero-order chi connectivity index (χ0) is 12.8. The van der Waals surface area contributed by atoms with Crippen LogP contribution in [-0.2, 0) is 11.3 Å². The standard InChI is InChI=1S/C12H19NO4/c1-8(2)10(7-14)13-6-9-4-5-11(17-9)12(15)16-3/h4-5,8,10,13-14H,6-7H2,1-3H3. The van der Waals surface area contributed by atoms with E-state index in [0.717, 1.165) is 0 Å². The third kappa shape index (κ3) is 3.87. The highest BCUT2D eigenvalue weighted by Gasteiger charge is 2.14. The molecule has 0 fully saturated rings. The molecule has 1 aromatic heterocycles. The van der Waals surface area contributed by atoms with Gasteiger partial charge in [-0.05, 0) is 18.1 Å². The Kier molecular flexibility index (Phi) is 5.18. The van der Waals surface area contributed by atoms with E-state index in [-0.39, 0.29) is 18.4 Å². The smallest absolute Gasteiger partial charge is 0.373 e. The molecule has 0 saturated carbocycles. The second-order valence-electron chi connectivity index (χ2n) is 4.17. The quantitative estimate of drug-likeness (QED) is 0.731. The highest BCUT2D eigenvalue weighted by Crippen LogP contribution is 2.10. The number of aliphatic hydroxyl groups excluding tert-OH is 1. The molecule has 1 atom stereocenters. The summed E-state index contributed by atoms with van der Waals surface area (Å²) in [6.45, 7) is 4.59. The van der Waals surface area contributed by atoms with Crippen molar-refractivity contribution in [1.82, 2.24) is 5.32 Å². The van der Waals surface area contributed by atoms with Gasteiger partial charge < -0.3 is 19.6 Å². The van der Waals surface area contributed by atoms with Gasteiger partial charge in [-0.25, -0.2) is 4.79 Å². The van der Waals surface area contributed by atoms with Crippen molar-refractivity contribution < 1.29 is 19.1 Å². The Morgan fingerprint density at radius 2 is 2.24 bits per heavy atom. The van der Waals surface area contributed by atoms with Crippen LogP contribution in [0, 0.1) is 5.92 Å². The second kappa shape index (κ2) is 6.42. The number of nitrogens with one attached hydrogen (secondary N) is 1. The Morgan fingerprint density at radius 3 is 2.76 bits per heavy atom. The molecule has 0 aliphatic heterocycles. The summed E-state index contributed by atoms with van der Waals surface area (Å²) in [5, 5.41) is 12.3. The Hall–Kier alpha value is -1.33. The first-order chi connectivity index (χ1) is 8.08. The van der Waals surface area contributed by atoms with Gasteiger partial charge in [-0.15, -0.1) is 0 Å². The van der Waals surface area contributed by atoms with Crippen molar-refractivity contribution in [2.45, 2.75) is 26.4 Å². The number of ether oxygens (including phenoxy) is 1. The molecule has 1 heterocycles. The first-order valence-electron chi connectivity index (χ1n) is 5.59. The molecule has 0 radical (unpaired) electrons. The fraction of sp³-hybridized carbons (Fsp3) is 0.583. The van der Waals surface area contributed by atoms with E-state index in [2.05, 4.69) is 10.1 Å². The summed E-state index contributed by atoms with van der Waals surface area (Å²) in [6.07, 6.45) is 0. The summed E-state index contributed by atoms with van der Waals surface area (Å²) < 4.78 is 9.83. The van der Waals surface area contributed by atoms with Crippen LogP contribution in [0.3, 0.4) is 0 Å². The molecule has 0 amide bonds. The Bertz CT molecular complexity index is 359. The normalized spacial score (nSPS) is 12.8. The molecule has 0 aromatic carbocycles. The van der Waals surface area contributed by atoms with E-state index >= 15 is 0 Å². The van der Waals surface area contributed by atoms with E-state index in [1.165, 1.54) is 7.11 Å². The molecule has 2 N–H and O–H groups in total. The monoisotopic (exact) mass is 241 g/mol. The molecule has 5 nitrogen and oxygen atoms in total. The van der Waals surface area contributed by atoms with E-state index < -0.39 is 5.97 Å². The summed E-state index contributed by atoms with van der Waals surface area (Å²) in [7, 11) is 1.31. The third-order valence-corrected chi connectivity index (χ3v) is 2.59. The predicted octanol–water partition coefficient (Wildman–Crippen LogP) is 1.17. The zero-order valence-electron chi connectivity index (χ0n) is 10.4. The summed E-state index contributed by atoms with van der Waals surface area (Å²) in [5.41, 5.74) is 0. The van der Waals surface area contributed by atoms with Crippen LogP contribution in [0.25, 0.3) is 0 Å². The predicted molar refractivity (Wildman–Crippen MR) is 62.6 cm³/mol. The average Bonchev–Trinajstić information content (AvgIpc) is 2.77. The SMILES string of the molecule is COC(=O)c1ccc(CNC(CO)C(C)C)o1. The van der Waals surface area contributed by atoms with Crippen molar-refractivity contribution >= 4 is 5.97 Å². The maximum absolute atomic E-state index is 11.2. The van der Waals surface area contributed by atoms with E-state index in [1.807, 2.05) is 13.8 Å². The summed E-state index contributed by atoms with van der Waals surface area (Å²) >= 11 is 0. The van der Waals surface area contributed by atoms with Crippen molar-refractivity contribution in [2.75, 3.05) is 13.7 Å². The lowest BCUT2D eigenvalue weighted by Gasteiger charge is -2.18. The molecule has 1 rings (SSSR count). The van der Waals surface area contributed by atoms with Crippen LogP contribution in [0.4, 0.5) is 0 Å². The summed E-state index contributed by atoms with van der Waals surface area (Å²) in [5.74, 6) is 0.674. The molecule has 17 heavy (non-hydrogen) atoms. The first-order valence-corrected chi connectivity index (χ1v) is 5.59. The van der Waals surface area contributed by atoms with Crippen LogP contribution in [0.5, 0.6) is 0 Å². The number of furan rings is 1. The van der Waals surface area contributed by atoms with Crippen molar-refractivity contribution in [1.29, 1.82) is 0 Å². The van der Waals surface area contributed by atoms with Gasteiger partial charge in [0, 0.05) is 6.04 Å². The van der Waals surface area contributed by atoms with Gasteiger partial charge in [0.15, 0.2) is 0 Å². The van der Waals surface area contributed by atoms with E-state index in [4.69, 9.17) is 9.52 Å². The maximum atomic E-state index is 11.2. The lowest BCUT2D eigenvalue weighted by Crippen LogP contribution is -2.36. The van der Waals surface area contributed by atoms with E-state index in [0.29, 0.717) is 18.2 Å². The Labute approximate surface area is 101 Å². The minimum Gasteiger partial charge on any atom is -0.463 e. The van der Waals surface area contributed by atoms with Crippen LogP contribution >= 0.6 is 0 Å². The largest absolute Gasteiger partial charge is 0.463 e. The van der Waals surface area contributed by atoms with Gasteiger partial charge in [0.25, 0.3) is 0 Å². The van der Waals surface area contributed by atoms with Crippen molar-refractivity contribution in [3.05, 3.63) is 23.7 Å². The highest BCUT2D eigenvalue weighted by atomic mass is 16.5. The van der Waals surface area contributed by atoms with Crippen LogP contribution in [0.15, 0.2) is 16.5 Å². The van der Waals surface area contributed by atoms with Crippen LogP contribution in [-0.4, -0.2) is 30.8 Å². The molecule has 5 heteroatoms. The van der Waals surface area contributed by atoms with Crippen molar-refractivity contribution in [3.8, 4) is 0 Å². The zero-order valence-corrected chi connectivity index (χ0v) is 10.4. The topological polar surface area (TPSA) is 71.7 Å². The molecular weight excluding hydrogens is 222 g/mol. The molecule has 0 aliphatic carbocycles.